The standard InChI is InChI=1S/C23H29N3O2S/c1-23(2,3)17-9-7-16(8-10-17)21(27)26(14-13-25(4)5)22-24-19-15-18(28-6)11-12-20(19)29-22/h7-12,15H,13-14H2,1-6H3. The molecule has 1 heterocycles. The highest BCUT2D eigenvalue weighted by molar-refractivity contribution is 7.22. The van der Waals surface area contributed by atoms with Gasteiger partial charge < -0.3 is 9.64 Å². The summed E-state index contributed by atoms with van der Waals surface area (Å²) in [7, 11) is 5.65. The smallest absolute Gasteiger partial charge is 0.260 e. The Balaban J connectivity index is 1.95. The number of amides is 1. The minimum Gasteiger partial charge on any atom is -0.497 e. The van der Waals surface area contributed by atoms with Crippen LogP contribution in [0.3, 0.4) is 0 Å². The average Bonchev–Trinajstić information content (AvgIpc) is 3.09. The maximum atomic E-state index is 13.4. The Bertz CT molecular complexity index is 988. The van der Waals surface area contributed by atoms with Crippen LogP contribution in [0.25, 0.3) is 10.2 Å². The Morgan fingerprint density at radius 1 is 1.07 bits per heavy atom. The van der Waals surface area contributed by atoms with E-state index in [1.807, 2.05) is 56.6 Å². The van der Waals surface area contributed by atoms with E-state index in [4.69, 9.17) is 9.72 Å². The first-order valence-corrected chi connectivity index (χ1v) is 10.5. The van der Waals surface area contributed by atoms with Crippen molar-refractivity contribution in [1.82, 2.24) is 9.88 Å². The fraction of sp³-hybridized carbons (Fsp3) is 0.391. The van der Waals surface area contributed by atoms with Gasteiger partial charge >= 0.3 is 0 Å². The molecule has 2 aromatic carbocycles. The summed E-state index contributed by atoms with van der Waals surface area (Å²) in [5.74, 6) is 0.733. The van der Waals surface area contributed by atoms with Crippen molar-refractivity contribution in [3.05, 3.63) is 53.6 Å². The fourth-order valence-electron chi connectivity index (χ4n) is 2.99. The monoisotopic (exact) mass is 411 g/mol. The Morgan fingerprint density at radius 3 is 2.34 bits per heavy atom. The van der Waals surface area contributed by atoms with E-state index >= 15 is 0 Å². The van der Waals surface area contributed by atoms with Crippen LogP contribution >= 0.6 is 11.3 Å². The third-order valence-electron chi connectivity index (χ3n) is 4.83. The number of fused-ring (bicyclic) bond motifs is 1. The lowest BCUT2D eigenvalue weighted by Gasteiger charge is -2.23. The van der Waals surface area contributed by atoms with Crippen LogP contribution in [0.2, 0.25) is 0 Å². The topological polar surface area (TPSA) is 45.7 Å². The van der Waals surface area contributed by atoms with Crippen molar-refractivity contribution in [3.8, 4) is 5.75 Å². The quantitative estimate of drug-likeness (QED) is 0.584. The second kappa shape index (κ2) is 8.51. The summed E-state index contributed by atoms with van der Waals surface area (Å²) >= 11 is 1.53. The van der Waals surface area contributed by atoms with Crippen LogP contribution in [-0.2, 0) is 5.41 Å². The second-order valence-electron chi connectivity index (χ2n) is 8.42. The summed E-state index contributed by atoms with van der Waals surface area (Å²) in [6, 6.07) is 13.7. The van der Waals surface area contributed by atoms with Gasteiger partial charge in [-0.15, -0.1) is 0 Å². The average molecular weight is 412 g/mol. The molecule has 3 aromatic rings. The summed E-state index contributed by atoms with van der Waals surface area (Å²) < 4.78 is 6.34. The molecule has 0 aliphatic rings. The lowest BCUT2D eigenvalue weighted by atomic mass is 9.86. The van der Waals surface area contributed by atoms with Crippen LogP contribution in [0.1, 0.15) is 36.7 Å². The molecule has 0 aliphatic carbocycles. The van der Waals surface area contributed by atoms with Gasteiger partial charge in [0.2, 0.25) is 0 Å². The van der Waals surface area contributed by atoms with Gasteiger partial charge in [0.1, 0.15) is 5.75 Å². The zero-order chi connectivity index (χ0) is 21.2. The molecular formula is C23H29N3O2S. The van der Waals surface area contributed by atoms with Crippen molar-refractivity contribution in [2.45, 2.75) is 26.2 Å². The minimum absolute atomic E-state index is 0.0293. The summed E-state index contributed by atoms with van der Waals surface area (Å²) in [4.78, 5) is 21.9. The molecule has 0 unspecified atom stereocenters. The molecule has 0 saturated carbocycles. The molecule has 0 aliphatic heterocycles. The molecule has 0 saturated heterocycles. The lowest BCUT2D eigenvalue weighted by Crippen LogP contribution is -2.36. The van der Waals surface area contributed by atoms with Crippen molar-refractivity contribution in [2.75, 3.05) is 39.2 Å². The molecule has 29 heavy (non-hydrogen) atoms. The van der Waals surface area contributed by atoms with Crippen molar-refractivity contribution in [2.24, 2.45) is 0 Å². The molecule has 0 bridgehead atoms. The van der Waals surface area contributed by atoms with Crippen LogP contribution in [0.4, 0.5) is 5.13 Å². The first-order chi connectivity index (χ1) is 13.7. The number of thiazole rings is 1. The summed E-state index contributed by atoms with van der Waals surface area (Å²) in [5.41, 5.74) is 2.78. The number of ether oxygens (including phenoxy) is 1. The molecule has 154 valence electrons. The first kappa shape index (κ1) is 21.3. The molecule has 0 radical (unpaired) electrons. The Morgan fingerprint density at radius 2 is 1.76 bits per heavy atom. The summed E-state index contributed by atoms with van der Waals surface area (Å²) in [6.45, 7) is 7.84. The van der Waals surface area contributed by atoms with Gasteiger partial charge in [0.25, 0.3) is 5.91 Å². The van der Waals surface area contributed by atoms with Gasteiger partial charge in [-0.3, -0.25) is 9.69 Å². The predicted molar refractivity (Wildman–Crippen MR) is 122 cm³/mol. The molecule has 5 nitrogen and oxygen atoms in total. The number of hydrogen-bond donors (Lipinski definition) is 0. The summed E-state index contributed by atoms with van der Waals surface area (Å²) in [5, 5.41) is 0.708. The molecular weight excluding hydrogens is 382 g/mol. The molecule has 0 atom stereocenters. The van der Waals surface area contributed by atoms with E-state index in [0.717, 1.165) is 22.5 Å². The van der Waals surface area contributed by atoms with Crippen LogP contribution in [-0.4, -0.2) is 50.1 Å². The molecule has 3 rings (SSSR count). The van der Waals surface area contributed by atoms with E-state index in [1.165, 1.54) is 16.9 Å². The number of aromatic nitrogens is 1. The van der Waals surface area contributed by atoms with Crippen molar-refractivity contribution in [3.63, 3.8) is 0 Å². The Hall–Kier alpha value is -2.44. The Kier molecular flexibility index (Phi) is 6.24. The number of nitrogens with zero attached hydrogens (tertiary/aromatic N) is 3. The fourth-order valence-corrected chi connectivity index (χ4v) is 3.96. The number of anilines is 1. The van der Waals surface area contributed by atoms with E-state index in [1.54, 1.807) is 12.0 Å². The highest BCUT2D eigenvalue weighted by Crippen LogP contribution is 2.32. The number of hydrogen-bond acceptors (Lipinski definition) is 5. The van der Waals surface area contributed by atoms with E-state index in [0.29, 0.717) is 17.2 Å². The SMILES string of the molecule is COc1ccc2sc(N(CCN(C)C)C(=O)c3ccc(C(C)(C)C)cc3)nc2c1. The van der Waals surface area contributed by atoms with Gasteiger partial charge in [-0.2, -0.15) is 0 Å². The largest absolute Gasteiger partial charge is 0.497 e. The lowest BCUT2D eigenvalue weighted by molar-refractivity contribution is 0.0985. The maximum absolute atomic E-state index is 13.4. The normalized spacial score (nSPS) is 11.8. The third kappa shape index (κ3) is 4.95. The number of rotatable bonds is 6. The van der Waals surface area contributed by atoms with E-state index in [-0.39, 0.29) is 11.3 Å². The van der Waals surface area contributed by atoms with Crippen molar-refractivity contribution < 1.29 is 9.53 Å². The maximum Gasteiger partial charge on any atom is 0.260 e. The van der Waals surface area contributed by atoms with E-state index in [2.05, 4.69) is 25.7 Å². The van der Waals surface area contributed by atoms with E-state index in [9.17, 15) is 4.79 Å². The zero-order valence-electron chi connectivity index (χ0n) is 18.0. The number of methoxy groups -OCH3 is 1. The van der Waals surface area contributed by atoms with Crippen LogP contribution in [0.15, 0.2) is 42.5 Å². The Labute approximate surface area is 176 Å². The predicted octanol–water partition coefficient (Wildman–Crippen LogP) is 4.81. The number of carbonyl (C=O) groups is 1. The van der Waals surface area contributed by atoms with Crippen LogP contribution in [0.5, 0.6) is 5.75 Å². The number of carbonyl (C=O) groups excluding carboxylic acids is 1. The number of likely N-dealkylation sites (N-methyl/N-ethyl adjacent to an activating group) is 1. The van der Waals surface area contributed by atoms with Crippen molar-refractivity contribution >= 4 is 32.6 Å². The number of benzene rings is 2. The van der Waals surface area contributed by atoms with E-state index < -0.39 is 0 Å². The minimum atomic E-state index is -0.0293. The third-order valence-corrected chi connectivity index (χ3v) is 5.89. The van der Waals surface area contributed by atoms with Gasteiger partial charge in [0.05, 0.1) is 17.3 Å². The van der Waals surface area contributed by atoms with Gasteiger partial charge in [-0.05, 0) is 49.3 Å². The van der Waals surface area contributed by atoms with Crippen LogP contribution < -0.4 is 9.64 Å². The molecule has 1 amide bonds. The second-order valence-corrected chi connectivity index (χ2v) is 9.43. The van der Waals surface area contributed by atoms with Gasteiger partial charge in [-0.25, -0.2) is 4.98 Å². The highest BCUT2D eigenvalue weighted by atomic mass is 32.1. The molecule has 0 spiro atoms. The highest BCUT2D eigenvalue weighted by Gasteiger charge is 2.22. The van der Waals surface area contributed by atoms with Gasteiger partial charge in [0.15, 0.2) is 5.13 Å². The zero-order valence-corrected chi connectivity index (χ0v) is 18.8. The van der Waals surface area contributed by atoms with Gasteiger partial charge in [-0.1, -0.05) is 44.2 Å². The molecule has 1 aromatic heterocycles. The van der Waals surface area contributed by atoms with Crippen LogP contribution in [0, 0.1) is 0 Å². The molecule has 6 heteroatoms. The van der Waals surface area contributed by atoms with Crippen molar-refractivity contribution in [1.29, 1.82) is 0 Å². The summed E-state index contributed by atoms with van der Waals surface area (Å²) in [6.07, 6.45) is 0. The molecule has 0 N–H and O–H groups in total. The molecule has 0 fully saturated rings. The first-order valence-electron chi connectivity index (χ1n) is 9.71. The van der Waals surface area contributed by atoms with Gasteiger partial charge in [0, 0.05) is 24.7 Å².